The normalized spacial score (nSPS) is 11.7. The van der Waals surface area contributed by atoms with Gasteiger partial charge < -0.3 is 15.0 Å². The number of carbonyl (C=O) groups excluding carboxylic acids is 2. The van der Waals surface area contributed by atoms with Crippen LogP contribution in [0.15, 0.2) is 78.9 Å². The molecule has 0 aliphatic rings. The number of rotatable bonds is 11. The van der Waals surface area contributed by atoms with Crippen molar-refractivity contribution >= 4 is 11.8 Å². The zero-order valence-electron chi connectivity index (χ0n) is 20.5. The molecule has 0 unspecified atom stereocenters. The van der Waals surface area contributed by atoms with Gasteiger partial charge in [-0.1, -0.05) is 68.4 Å². The zero-order valence-corrected chi connectivity index (χ0v) is 20.5. The fraction of sp³-hybridized carbons (Fsp3) is 0.310. The Hall–Kier alpha value is -3.67. The Balaban J connectivity index is 1.89. The van der Waals surface area contributed by atoms with Crippen molar-refractivity contribution in [2.75, 3.05) is 13.2 Å². The van der Waals surface area contributed by atoms with Crippen LogP contribution < -0.4 is 10.1 Å². The van der Waals surface area contributed by atoms with Crippen molar-refractivity contribution in [1.82, 2.24) is 10.2 Å². The van der Waals surface area contributed by atoms with E-state index in [1.807, 2.05) is 69.3 Å². The van der Waals surface area contributed by atoms with Crippen molar-refractivity contribution < 1.29 is 18.7 Å². The summed E-state index contributed by atoms with van der Waals surface area (Å²) in [4.78, 5) is 28.4. The number of nitrogens with one attached hydrogen (secondary N) is 1. The van der Waals surface area contributed by atoms with Gasteiger partial charge in [0, 0.05) is 19.5 Å². The molecule has 0 heterocycles. The van der Waals surface area contributed by atoms with Crippen molar-refractivity contribution in [3.8, 4) is 5.75 Å². The highest BCUT2D eigenvalue weighted by atomic mass is 19.1. The van der Waals surface area contributed by atoms with Crippen LogP contribution in [0.3, 0.4) is 0 Å². The third kappa shape index (κ3) is 8.25. The summed E-state index contributed by atoms with van der Waals surface area (Å²) < 4.78 is 19.3. The summed E-state index contributed by atoms with van der Waals surface area (Å²) in [6.07, 6.45) is 0.349. The summed E-state index contributed by atoms with van der Waals surface area (Å²) in [7, 11) is 0. The smallest absolute Gasteiger partial charge is 0.261 e. The van der Waals surface area contributed by atoms with Gasteiger partial charge in [0.25, 0.3) is 5.91 Å². The summed E-state index contributed by atoms with van der Waals surface area (Å²) in [6, 6.07) is 22.3. The number of benzene rings is 3. The lowest BCUT2D eigenvalue weighted by atomic mass is 10.0. The van der Waals surface area contributed by atoms with Crippen LogP contribution in [-0.2, 0) is 22.6 Å². The van der Waals surface area contributed by atoms with E-state index in [4.69, 9.17) is 4.74 Å². The fourth-order valence-electron chi connectivity index (χ4n) is 3.70. The van der Waals surface area contributed by atoms with E-state index in [2.05, 4.69) is 5.32 Å². The minimum absolute atomic E-state index is 0.156. The Morgan fingerprint density at radius 2 is 1.66 bits per heavy atom. The van der Waals surface area contributed by atoms with Crippen molar-refractivity contribution in [1.29, 1.82) is 0 Å². The van der Waals surface area contributed by atoms with Crippen LogP contribution in [0, 0.1) is 18.7 Å². The van der Waals surface area contributed by atoms with Gasteiger partial charge in [-0.2, -0.15) is 0 Å². The SMILES string of the molecule is Cc1cccc(OCC(=O)N(Cc2ccc(F)cc2)[C@@H](Cc2ccccc2)C(=O)NCC(C)C)c1. The Labute approximate surface area is 206 Å². The highest BCUT2D eigenvalue weighted by Crippen LogP contribution is 2.17. The lowest BCUT2D eigenvalue weighted by Crippen LogP contribution is -2.52. The molecule has 0 radical (unpaired) electrons. The second-order valence-corrected chi connectivity index (χ2v) is 9.10. The van der Waals surface area contributed by atoms with Gasteiger partial charge in [-0.3, -0.25) is 9.59 Å². The first-order chi connectivity index (χ1) is 16.8. The van der Waals surface area contributed by atoms with E-state index in [9.17, 15) is 14.0 Å². The van der Waals surface area contributed by atoms with Gasteiger partial charge in [0.15, 0.2) is 6.61 Å². The lowest BCUT2D eigenvalue weighted by Gasteiger charge is -2.31. The molecule has 6 heteroatoms. The molecule has 35 heavy (non-hydrogen) atoms. The molecule has 0 aliphatic heterocycles. The monoisotopic (exact) mass is 476 g/mol. The predicted octanol–water partition coefficient (Wildman–Crippen LogP) is 4.93. The van der Waals surface area contributed by atoms with Gasteiger partial charge in [0.05, 0.1) is 0 Å². The maximum atomic E-state index is 13.5. The summed E-state index contributed by atoms with van der Waals surface area (Å²) in [5, 5.41) is 2.98. The summed E-state index contributed by atoms with van der Waals surface area (Å²) >= 11 is 0. The molecule has 0 saturated heterocycles. The van der Waals surface area contributed by atoms with Crippen molar-refractivity contribution in [2.24, 2.45) is 5.92 Å². The van der Waals surface area contributed by atoms with E-state index in [0.717, 1.165) is 16.7 Å². The predicted molar refractivity (Wildman–Crippen MR) is 135 cm³/mol. The minimum Gasteiger partial charge on any atom is -0.484 e. The topological polar surface area (TPSA) is 58.6 Å². The van der Waals surface area contributed by atoms with E-state index in [1.54, 1.807) is 18.2 Å². The number of hydrogen-bond donors (Lipinski definition) is 1. The van der Waals surface area contributed by atoms with Gasteiger partial charge in [0.2, 0.25) is 5.91 Å². The van der Waals surface area contributed by atoms with E-state index in [1.165, 1.54) is 17.0 Å². The van der Waals surface area contributed by atoms with Gasteiger partial charge in [-0.05, 0) is 53.8 Å². The Morgan fingerprint density at radius 1 is 0.943 bits per heavy atom. The van der Waals surface area contributed by atoms with E-state index < -0.39 is 6.04 Å². The summed E-state index contributed by atoms with van der Waals surface area (Å²) in [5.41, 5.74) is 2.69. The molecule has 2 amide bonds. The lowest BCUT2D eigenvalue weighted by molar-refractivity contribution is -0.142. The van der Waals surface area contributed by atoms with Gasteiger partial charge in [-0.25, -0.2) is 4.39 Å². The van der Waals surface area contributed by atoms with Crippen molar-refractivity contribution in [2.45, 2.75) is 39.8 Å². The highest BCUT2D eigenvalue weighted by Gasteiger charge is 2.30. The second-order valence-electron chi connectivity index (χ2n) is 9.10. The molecule has 0 saturated carbocycles. The second kappa shape index (κ2) is 12.7. The van der Waals surface area contributed by atoms with Crippen molar-refractivity contribution in [3.63, 3.8) is 0 Å². The molecule has 184 valence electrons. The standard InChI is InChI=1S/C29H33FN2O3/c1-21(2)18-31-29(34)27(17-23-9-5-4-6-10-23)32(19-24-12-14-25(30)15-13-24)28(33)20-35-26-11-7-8-22(3)16-26/h4-16,21,27H,17-20H2,1-3H3,(H,31,34)/t27-/m0/s1. The van der Waals surface area contributed by atoms with Gasteiger partial charge >= 0.3 is 0 Å². The van der Waals surface area contributed by atoms with Crippen LogP contribution in [-0.4, -0.2) is 35.9 Å². The molecule has 0 aliphatic carbocycles. The van der Waals surface area contributed by atoms with Crippen LogP contribution >= 0.6 is 0 Å². The molecule has 5 nitrogen and oxygen atoms in total. The number of hydrogen-bond acceptors (Lipinski definition) is 3. The quantitative estimate of drug-likeness (QED) is 0.427. The average molecular weight is 477 g/mol. The Bertz CT molecular complexity index is 1100. The summed E-state index contributed by atoms with van der Waals surface area (Å²) in [5.74, 6) is -0.0545. The maximum Gasteiger partial charge on any atom is 0.261 e. The molecule has 1 atom stereocenters. The fourth-order valence-corrected chi connectivity index (χ4v) is 3.70. The van der Waals surface area contributed by atoms with Gasteiger partial charge in [0.1, 0.15) is 17.6 Å². The van der Waals surface area contributed by atoms with E-state index in [-0.39, 0.29) is 36.7 Å². The molecule has 0 fully saturated rings. The first-order valence-corrected chi connectivity index (χ1v) is 11.9. The molecule has 3 aromatic carbocycles. The number of ether oxygens (including phenoxy) is 1. The van der Waals surface area contributed by atoms with E-state index >= 15 is 0 Å². The largest absolute Gasteiger partial charge is 0.484 e. The van der Waals surface area contributed by atoms with Crippen LogP contribution in [0.1, 0.15) is 30.5 Å². The molecular weight excluding hydrogens is 443 g/mol. The molecule has 1 N–H and O–H groups in total. The Kier molecular flexibility index (Phi) is 9.41. The minimum atomic E-state index is -0.755. The summed E-state index contributed by atoms with van der Waals surface area (Å²) in [6.45, 7) is 6.43. The third-order valence-electron chi connectivity index (χ3n) is 5.57. The van der Waals surface area contributed by atoms with E-state index in [0.29, 0.717) is 18.7 Å². The first kappa shape index (κ1) is 25.9. The van der Waals surface area contributed by atoms with Gasteiger partial charge in [-0.15, -0.1) is 0 Å². The number of amides is 2. The number of carbonyl (C=O) groups is 2. The molecular formula is C29H33FN2O3. The maximum absolute atomic E-state index is 13.5. The molecule has 0 bridgehead atoms. The van der Waals surface area contributed by atoms with Crippen molar-refractivity contribution in [3.05, 3.63) is 101 Å². The van der Waals surface area contributed by atoms with Crippen LogP contribution in [0.5, 0.6) is 5.75 Å². The zero-order chi connectivity index (χ0) is 25.2. The third-order valence-corrected chi connectivity index (χ3v) is 5.57. The number of aryl methyl sites for hydroxylation is 1. The number of halogens is 1. The first-order valence-electron chi connectivity index (χ1n) is 11.9. The average Bonchev–Trinajstić information content (AvgIpc) is 2.85. The Morgan fingerprint density at radius 3 is 2.31 bits per heavy atom. The number of nitrogens with zero attached hydrogens (tertiary/aromatic N) is 1. The van der Waals surface area contributed by atoms with Crippen LogP contribution in [0.2, 0.25) is 0 Å². The molecule has 3 aromatic rings. The molecule has 0 aromatic heterocycles. The molecule has 0 spiro atoms. The van der Waals surface area contributed by atoms with Crippen LogP contribution in [0.4, 0.5) is 4.39 Å². The molecule has 3 rings (SSSR count). The van der Waals surface area contributed by atoms with Crippen LogP contribution in [0.25, 0.3) is 0 Å². The highest BCUT2D eigenvalue weighted by molar-refractivity contribution is 5.88.